The van der Waals surface area contributed by atoms with E-state index in [0.29, 0.717) is 5.82 Å². The molecule has 3 N–H and O–H groups in total. The predicted octanol–water partition coefficient (Wildman–Crippen LogP) is 2.80. The number of carbonyl (C=O) groups is 1. The van der Waals surface area contributed by atoms with Crippen LogP contribution < -0.4 is 10.6 Å². The first-order valence-electron chi connectivity index (χ1n) is 8.08. The van der Waals surface area contributed by atoms with Crippen LogP contribution in [0.15, 0.2) is 48.5 Å². The number of aryl methyl sites for hydroxylation is 1. The van der Waals surface area contributed by atoms with E-state index in [1.54, 1.807) is 12.1 Å². The van der Waals surface area contributed by atoms with Crippen LogP contribution in [0.4, 0.5) is 11.5 Å². The lowest BCUT2D eigenvalue weighted by atomic mass is 10.2. The summed E-state index contributed by atoms with van der Waals surface area (Å²) in [5, 5.41) is 21.3. The molecule has 0 radical (unpaired) electrons. The van der Waals surface area contributed by atoms with Gasteiger partial charge in [-0.05, 0) is 44.2 Å². The number of benzene rings is 1. The fourth-order valence-electron chi connectivity index (χ4n) is 2.44. The zero-order valence-corrected chi connectivity index (χ0v) is 14.2. The van der Waals surface area contributed by atoms with Crippen LogP contribution in [0.25, 0.3) is 0 Å². The minimum absolute atomic E-state index is 0.140. The molecule has 25 heavy (non-hydrogen) atoms. The van der Waals surface area contributed by atoms with Crippen LogP contribution >= 0.6 is 0 Å². The van der Waals surface area contributed by atoms with Gasteiger partial charge in [0.1, 0.15) is 5.82 Å². The molecule has 0 fully saturated rings. The molecule has 1 atom stereocenters. The monoisotopic (exact) mass is 336 g/mol. The van der Waals surface area contributed by atoms with Crippen LogP contribution in [-0.4, -0.2) is 32.3 Å². The molecule has 7 heteroatoms. The topological polar surface area (TPSA) is 95.6 Å². The summed E-state index contributed by atoms with van der Waals surface area (Å²) in [7, 11) is 0. The van der Waals surface area contributed by atoms with Gasteiger partial charge in [-0.1, -0.05) is 18.2 Å². The van der Waals surface area contributed by atoms with Crippen molar-refractivity contribution in [1.82, 2.24) is 20.4 Å². The molecule has 0 saturated carbocycles. The Morgan fingerprint density at radius 1 is 1.16 bits per heavy atom. The van der Waals surface area contributed by atoms with Crippen LogP contribution in [0.3, 0.4) is 0 Å². The summed E-state index contributed by atoms with van der Waals surface area (Å²) in [6.45, 7) is 4.01. The van der Waals surface area contributed by atoms with Crippen molar-refractivity contribution in [1.29, 1.82) is 0 Å². The van der Waals surface area contributed by atoms with Crippen molar-refractivity contribution in [3.8, 4) is 0 Å². The molecular weight excluding hydrogens is 316 g/mol. The SMILES string of the molecule is Cc1cc(CC(C)Nc2ccc(C(=O)Nc3ccccc3)nn2)n[nH]1. The van der Waals surface area contributed by atoms with Crippen molar-refractivity contribution >= 4 is 17.4 Å². The average Bonchev–Trinajstić information content (AvgIpc) is 3.01. The van der Waals surface area contributed by atoms with Crippen LogP contribution in [0.2, 0.25) is 0 Å². The second-order valence-corrected chi connectivity index (χ2v) is 5.92. The van der Waals surface area contributed by atoms with E-state index >= 15 is 0 Å². The van der Waals surface area contributed by atoms with Gasteiger partial charge in [0.2, 0.25) is 0 Å². The zero-order chi connectivity index (χ0) is 17.6. The van der Waals surface area contributed by atoms with Gasteiger partial charge in [0.05, 0.1) is 5.69 Å². The van der Waals surface area contributed by atoms with Gasteiger partial charge in [0, 0.05) is 23.8 Å². The molecule has 128 valence electrons. The summed E-state index contributed by atoms with van der Waals surface area (Å²) in [5.74, 6) is 0.335. The first kappa shape index (κ1) is 16.6. The normalized spacial score (nSPS) is 11.8. The Kier molecular flexibility index (Phi) is 5.03. The minimum Gasteiger partial charge on any atom is -0.366 e. The Labute approximate surface area is 145 Å². The second-order valence-electron chi connectivity index (χ2n) is 5.92. The Hall–Kier alpha value is -3.22. The molecule has 0 spiro atoms. The number of carbonyl (C=O) groups excluding carboxylic acids is 1. The third-order valence-corrected chi connectivity index (χ3v) is 3.60. The number of amides is 1. The van der Waals surface area contributed by atoms with Crippen LogP contribution in [0, 0.1) is 6.92 Å². The number of nitrogens with zero attached hydrogens (tertiary/aromatic N) is 3. The van der Waals surface area contributed by atoms with Gasteiger partial charge in [-0.25, -0.2) is 0 Å². The quantitative estimate of drug-likeness (QED) is 0.643. The first-order chi connectivity index (χ1) is 12.1. The molecule has 2 heterocycles. The number of para-hydroxylation sites is 1. The van der Waals surface area contributed by atoms with Crippen molar-refractivity contribution < 1.29 is 4.79 Å². The van der Waals surface area contributed by atoms with E-state index in [4.69, 9.17) is 0 Å². The van der Waals surface area contributed by atoms with E-state index < -0.39 is 0 Å². The number of hydrogen-bond acceptors (Lipinski definition) is 5. The highest BCUT2D eigenvalue weighted by Gasteiger charge is 2.10. The highest BCUT2D eigenvalue weighted by molar-refractivity contribution is 6.02. The molecular formula is C18H20N6O. The molecule has 0 aliphatic heterocycles. The summed E-state index contributed by atoms with van der Waals surface area (Å²) >= 11 is 0. The van der Waals surface area contributed by atoms with E-state index in [0.717, 1.165) is 23.5 Å². The molecule has 0 bridgehead atoms. The maximum atomic E-state index is 12.1. The molecule has 2 aromatic heterocycles. The number of H-pyrrole nitrogens is 1. The lowest BCUT2D eigenvalue weighted by molar-refractivity contribution is 0.102. The molecule has 1 amide bonds. The van der Waals surface area contributed by atoms with Crippen molar-refractivity contribution in [2.75, 3.05) is 10.6 Å². The van der Waals surface area contributed by atoms with Crippen LogP contribution in [0.5, 0.6) is 0 Å². The third kappa shape index (κ3) is 4.63. The van der Waals surface area contributed by atoms with Gasteiger partial charge >= 0.3 is 0 Å². The summed E-state index contributed by atoms with van der Waals surface area (Å²) in [6.07, 6.45) is 0.766. The summed E-state index contributed by atoms with van der Waals surface area (Å²) in [4.78, 5) is 12.1. The van der Waals surface area contributed by atoms with Crippen LogP contribution in [0.1, 0.15) is 28.8 Å². The highest BCUT2D eigenvalue weighted by Crippen LogP contribution is 2.10. The maximum absolute atomic E-state index is 12.1. The third-order valence-electron chi connectivity index (χ3n) is 3.60. The number of anilines is 2. The van der Waals surface area contributed by atoms with E-state index in [9.17, 15) is 4.79 Å². The van der Waals surface area contributed by atoms with E-state index in [2.05, 4.69) is 31.0 Å². The highest BCUT2D eigenvalue weighted by atomic mass is 16.1. The van der Waals surface area contributed by atoms with Gasteiger partial charge < -0.3 is 10.6 Å². The molecule has 0 saturated heterocycles. The molecule has 7 nitrogen and oxygen atoms in total. The van der Waals surface area contributed by atoms with Crippen molar-refractivity contribution in [3.63, 3.8) is 0 Å². The lowest BCUT2D eigenvalue weighted by Crippen LogP contribution is -2.20. The van der Waals surface area contributed by atoms with Crippen LogP contribution in [-0.2, 0) is 6.42 Å². The fraction of sp³-hybridized carbons (Fsp3) is 0.222. The van der Waals surface area contributed by atoms with Gasteiger partial charge in [-0.3, -0.25) is 9.89 Å². The Morgan fingerprint density at radius 3 is 2.60 bits per heavy atom. The Morgan fingerprint density at radius 2 is 1.96 bits per heavy atom. The Balaban J connectivity index is 1.57. The average molecular weight is 336 g/mol. The number of nitrogens with one attached hydrogen (secondary N) is 3. The zero-order valence-electron chi connectivity index (χ0n) is 14.2. The van der Waals surface area contributed by atoms with Gasteiger partial charge in [0.15, 0.2) is 5.69 Å². The molecule has 1 aromatic carbocycles. The summed E-state index contributed by atoms with van der Waals surface area (Å²) in [5.41, 5.74) is 3.02. The molecule has 1 unspecified atom stereocenters. The Bertz CT molecular complexity index is 828. The van der Waals surface area contributed by atoms with Gasteiger partial charge in [-0.15, -0.1) is 10.2 Å². The molecule has 3 rings (SSSR count). The van der Waals surface area contributed by atoms with Crippen molar-refractivity contribution in [2.24, 2.45) is 0 Å². The van der Waals surface area contributed by atoms with Gasteiger partial charge in [0.25, 0.3) is 5.91 Å². The first-order valence-corrected chi connectivity index (χ1v) is 8.08. The van der Waals surface area contributed by atoms with E-state index in [-0.39, 0.29) is 17.6 Å². The minimum atomic E-state index is -0.287. The van der Waals surface area contributed by atoms with Gasteiger partial charge in [-0.2, -0.15) is 5.10 Å². The standard InChI is InChI=1S/C18H20N6O/c1-12(10-15-11-13(2)21-22-15)19-17-9-8-16(23-24-17)18(25)20-14-6-4-3-5-7-14/h3-9,11-12H,10H2,1-2H3,(H,19,24)(H,20,25)(H,21,22). The maximum Gasteiger partial charge on any atom is 0.276 e. The number of hydrogen-bond donors (Lipinski definition) is 3. The second kappa shape index (κ2) is 7.57. The van der Waals surface area contributed by atoms with E-state index in [1.807, 2.05) is 50.2 Å². The number of aromatic nitrogens is 4. The molecule has 0 aliphatic rings. The summed E-state index contributed by atoms with van der Waals surface area (Å²) in [6, 6.07) is 14.8. The molecule has 0 aliphatic carbocycles. The number of aromatic amines is 1. The number of rotatable bonds is 6. The van der Waals surface area contributed by atoms with Crippen molar-refractivity contribution in [3.05, 3.63) is 65.6 Å². The smallest absolute Gasteiger partial charge is 0.276 e. The van der Waals surface area contributed by atoms with Crippen molar-refractivity contribution in [2.45, 2.75) is 26.3 Å². The predicted molar refractivity (Wildman–Crippen MR) is 96.5 cm³/mol. The lowest BCUT2D eigenvalue weighted by Gasteiger charge is -2.12. The van der Waals surface area contributed by atoms with E-state index in [1.165, 1.54) is 0 Å². The summed E-state index contributed by atoms with van der Waals surface area (Å²) < 4.78 is 0. The molecule has 3 aromatic rings. The fourth-order valence-corrected chi connectivity index (χ4v) is 2.44. The largest absolute Gasteiger partial charge is 0.366 e.